The van der Waals surface area contributed by atoms with E-state index in [2.05, 4.69) is 4.72 Å². The third-order valence-corrected chi connectivity index (χ3v) is 4.94. The first-order valence-electron chi connectivity index (χ1n) is 7.34. The summed E-state index contributed by atoms with van der Waals surface area (Å²) in [5.41, 5.74) is 0.476. The number of non-ortho nitro benzene ring substituents is 1. The normalized spacial score (nSPS) is 11.0. The number of rotatable bonds is 7. The zero-order valence-corrected chi connectivity index (χ0v) is 14.8. The molecule has 0 amide bonds. The molecule has 0 saturated heterocycles. The van der Waals surface area contributed by atoms with Gasteiger partial charge >= 0.3 is 0 Å². The summed E-state index contributed by atoms with van der Waals surface area (Å²) < 4.78 is 37.9. The predicted molar refractivity (Wildman–Crippen MR) is 92.8 cm³/mol. The van der Waals surface area contributed by atoms with Crippen molar-refractivity contribution in [3.63, 3.8) is 0 Å². The summed E-state index contributed by atoms with van der Waals surface area (Å²) in [6.45, 7) is 1.88. The summed E-state index contributed by atoms with van der Waals surface area (Å²) in [6.07, 6.45) is 0.590. The van der Waals surface area contributed by atoms with Crippen LogP contribution in [-0.2, 0) is 16.4 Å². The van der Waals surface area contributed by atoms with Gasteiger partial charge in [-0.05, 0) is 36.2 Å². The van der Waals surface area contributed by atoms with Gasteiger partial charge in [-0.1, -0.05) is 6.92 Å². The summed E-state index contributed by atoms with van der Waals surface area (Å²) in [6, 6.07) is 8.16. The molecule has 0 aliphatic carbocycles. The lowest BCUT2D eigenvalue weighted by atomic mass is 10.1. The molecule has 25 heavy (non-hydrogen) atoms. The highest BCUT2D eigenvalue weighted by atomic mass is 32.2. The molecule has 134 valence electrons. The van der Waals surface area contributed by atoms with E-state index >= 15 is 0 Å². The van der Waals surface area contributed by atoms with Gasteiger partial charge in [-0.15, -0.1) is 0 Å². The third kappa shape index (κ3) is 4.00. The molecule has 2 aromatic carbocycles. The van der Waals surface area contributed by atoms with Gasteiger partial charge in [-0.25, -0.2) is 8.42 Å². The number of nitrogens with one attached hydrogen (secondary N) is 1. The van der Waals surface area contributed by atoms with Gasteiger partial charge in [0.2, 0.25) is 0 Å². The van der Waals surface area contributed by atoms with Crippen LogP contribution in [0.5, 0.6) is 11.5 Å². The molecule has 0 unspecified atom stereocenters. The summed E-state index contributed by atoms with van der Waals surface area (Å²) in [7, 11) is -1.10. The molecular formula is C16H18N2O6S. The SMILES string of the molecule is CCc1cc(S(=O)(=O)Nc2cc([N+](=O)[O-])ccc2OC)ccc1OC. The number of hydrogen-bond acceptors (Lipinski definition) is 6. The largest absolute Gasteiger partial charge is 0.496 e. The molecule has 0 fully saturated rings. The highest BCUT2D eigenvalue weighted by Gasteiger charge is 2.20. The maximum Gasteiger partial charge on any atom is 0.271 e. The zero-order chi connectivity index (χ0) is 18.6. The lowest BCUT2D eigenvalue weighted by Crippen LogP contribution is -2.14. The molecule has 0 atom stereocenters. The second-order valence-corrected chi connectivity index (χ2v) is 6.76. The van der Waals surface area contributed by atoms with Crippen LogP contribution in [0.25, 0.3) is 0 Å². The first kappa shape index (κ1) is 18.5. The van der Waals surface area contributed by atoms with E-state index in [0.29, 0.717) is 12.2 Å². The average molecular weight is 366 g/mol. The van der Waals surface area contributed by atoms with Crippen molar-refractivity contribution in [1.29, 1.82) is 0 Å². The maximum absolute atomic E-state index is 12.6. The van der Waals surface area contributed by atoms with Crippen LogP contribution in [0.4, 0.5) is 11.4 Å². The van der Waals surface area contributed by atoms with Crippen molar-refractivity contribution in [1.82, 2.24) is 0 Å². The van der Waals surface area contributed by atoms with Gasteiger partial charge < -0.3 is 9.47 Å². The van der Waals surface area contributed by atoms with Crippen molar-refractivity contribution in [2.24, 2.45) is 0 Å². The van der Waals surface area contributed by atoms with E-state index in [1.807, 2.05) is 6.92 Å². The molecule has 2 rings (SSSR count). The average Bonchev–Trinajstić information content (AvgIpc) is 2.60. The molecule has 0 spiro atoms. The summed E-state index contributed by atoms with van der Waals surface area (Å²) >= 11 is 0. The Labute approximate surface area is 145 Å². The first-order valence-corrected chi connectivity index (χ1v) is 8.82. The first-order chi connectivity index (χ1) is 11.8. The van der Waals surface area contributed by atoms with Gasteiger partial charge in [0.25, 0.3) is 15.7 Å². The van der Waals surface area contributed by atoms with E-state index in [1.165, 1.54) is 38.5 Å². The molecule has 0 heterocycles. The molecule has 1 N–H and O–H groups in total. The molecular weight excluding hydrogens is 348 g/mol. The van der Waals surface area contributed by atoms with E-state index in [1.54, 1.807) is 6.07 Å². The van der Waals surface area contributed by atoms with Crippen LogP contribution in [0.15, 0.2) is 41.3 Å². The van der Waals surface area contributed by atoms with Crippen molar-refractivity contribution in [2.45, 2.75) is 18.2 Å². The Hall–Kier alpha value is -2.81. The number of aryl methyl sites for hydroxylation is 1. The van der Waals surface area contributed by atoms with Crippen LogP contribution in [0.2, 0.25) is 0 Å². The summed E-state index contributed by atoms with van der Waals surface area (Å²) in [5, 5.41) is 10.9. The van der Waals surface area contributed by atoms with E-state index in [4.69, 9.17) is 9.47 Å². The van der Waals surface area contributed by atoms with Crippen LogP contribution < -0.4 is 14.2 Å². The van der Waals surface area contributed by atoms with Gasteiger partial charge in [-0.3, -0.25) is 14.8 Å². The number of sulfonamides is 1. The second kappa shape index (κ2) is 7.39. The molecule has 0 aromatic heterocycles. The minimum absolute atomic E-state index is 0.00873. The Bertz CT molecular complexity index is 895. The van der Waals surface area contributed by atoms with Crippen LogP contribution in [0, 0.1) is 10.1 Å². The topological polar surface area (TPSA) is 108 Å². The molecule has 0 saturated carbocycles. The zero-order valence-electron chi connectivity index (χ0n) is 14.0. The van der Waals surface area contributed by atoms with Crippen molar-refractivity contribution >= 4 is 21.4 Å². The van der Waals surface area contributed by atoms with Gasteiger partial charge in [0, 0.05) is 12.1 Å². The van der Waals surface area contributed by atoms with Crippen molar-refractivity contribution < 1.29 is 22.8 Å². The Morgan fingerprint density at radius 3 is 2.28 bits per heavy atom. The number of methoxy groups -OCH3 is 2. The fraction of sp³-hybridized carbons (Fsp3) is 0.250. The van der Waals surface area contributed by atoms with Gasteiger partial charge in [0.05, 0.1) is 29.7 Å². The van der Waals surface area contributed by atoms with Crippen LogP contribution in [0.1, 0.15) is 12.5 Å². The molecule has 2 aromatic rings. The number of hydrogen-bond donors (Lipinski definition) is 1. The lowest BCUT2D eigenvalue weighted by Gasteiger charge is -2.13. The van der Waals surface area contributed by atoms with Crippen molar-refractivity contribution in [3.8, 4) is 11.5 Å². The summed E-state index contributed by atoms with van der Waals surface area (Å²) in [5.74, 6) is 0.771. The Morgan fingerprint density at radius 1 is 1.08 bits per heavy atom. The van der Waals surface area contributed by atoms with Gasteiger partial charge in [0.1, 0.15) is 11.5 Å². The number of anilines is 1. The maximum atomic E-state index is 12.6. The van der Waals surface area contributed by atoms with Crippen molar-refractivity contribution in [2.75, 3.05) is 18.9 Å². The number of nitro benzene ring substituents is 1. The smallest absolute Gasteiger partial charge is 0.271 e. The second-order valence-electron chi connectivity index (χ2n) is 5.07. The minimum atomic E-state index is -3.95. The van der Waals surface area contributed by atoms with Crippen LogP contribution >= 0.6 is 0 Å². The van der Waals surface area contributed by atoms with E-state index in [0.717, 1.165) is 11.6 Å². The Kier molecular flexibility index (Phi) is 5.48. The highest BCUT2D eigenvalue weighted by Crippen LogP contribution is 2.31. The van der Waals surface area contributed by atoms with E-state index < -0.39 is 14.9 Å². The predicted octanol–water partition coefficient (Wildman–Crippen LogP) is 2.98. The number of benzene rings is 2. The van der Waals surface area contributed by atoms with Crippen LogP contribution in [0.3, 0.4) is 0 Å². The molecule has 0 bridgehead atoms. The Morgan fingerprint density at radius 2 is 1.72 bits per heavy atom. The number of nitrogens with zero attached hydrogens (tertiary/aromatic N) is 1. The summed E-state index contributed by atoms with van der Waals surface area (Å²) in [4.78, 5) is 10.3. The van der Waals surface area contributed by atoms with Crippen molar-refractivity contribution in [3.05, 3.63) is 52.1 Å². The fourth-order valence-corrected chi connectivity index (χ4v) is 3.40. The Balaban J connectivity index is 2.45. The molecule has 0 radical (unpaired) electrons. The molecule has 9 heteroatoms. The number of nitro groups is 1. The quantitative estimate of drug-likeness (QED) is 0.596. The van der Waals surface area contributed by atoms with E-state index in [9.17, 15) is 18.5 Å². The lowest BCUT2D eigenvalue weighted by molar-refractivity contribution is -0.384. The molecule has 0 aliphatic heterocycles. The molecule has 0 aliphatic rings. The van der Waals surface area contributed by atoms with Gasteiger partial charge in [-0.2, -0.15) is 0 Å². The number of ether oxygens (including phenoxy) is 2. The van der Waals surface area contributed by atoms with Crippen LogP contribution in [-0.4, -0.2) is 27.6 Å². The molecule has 8 nitrogen and oxygen atoms in total. The standard InChI is InChI=1S/C16H18N2O6S/c1-4-11-9-13(6-8-15(11)23-2)25(21,22)17-14-10-12(18(19)20)5-7-16(14)24-3/h5-10,17H,4H2,1-3H3. The monoisotopic (exact) mass is 366 g/mol. The minimum Gasteiger partial charge on any atom is -0.496 e. The fourth-order valence-electron chi connectivity index (χ4n) is 2.29. The highest BCUT2D eigenvalue weighted by molar-refractivity contribution is 7.92. The van der Waals surface area contributed by atoms with E-state index in [-0.39, 0.29) is 22.0 Å². The van der Waals surface area contributed by atoms with Gasteiger partial charge in [0.15, 0.2) is 0 Å². The third-order valence-electron chi connectivity index (χ3n) is 3.58.